The molecule has 0 bridgehead atoms. The number of ether oxygens (including phenoxy) is 2. The van der Waals surface area contributed by atoms with Crippen LogP contribution in [-0.2, 0) is 0 Å². The predicted octanol–water partition coefficient (Wildman–Crippen LogP) is 1.59. The van der Waals surface area contributed by atoms with Crippen LogP contribution in [0.4, 0.5) is 4.39 Å². The van der Waals surface area contributed by atoms with Gasteiger partial charge in [-0.05, 0) is 19.1 Å². The predicted molar refractivity (Wildman–Crippen MR) is 50.1 cm³/mol. The summed E-state index contributed by atoms with van der Waals surface area (Å²) in [7, 11) is 1.44. The lowest BCUT2D eigenvalue weighted by Gasteiger charge is -2.14. The summed E-state index contributed by atoms with van der Waals surface area (Å²) >= 11 is 0. The van der Waals surface area contributed by atoms with Crippen molar-refractivity contribution in [3.8, 4) is 11.5 Å². The first-order valence-corrected chi connectivity index (χ1v) is 4.28. The largest absolute Gasteiger partial charge is 0.493 e. The van der Waals surface area contributed by atoms with Crippen LogP contribution in [0.3, 0.4) is 0 Å². The van der Waals surface area contributed by atoms with E-state index in [0.717, 1.165) is 0 Å². The van der Waals surface area contributed by atoms with Crippen LogP contribution in [0, 0.1) is 5.82 Å². The molecule has 1 atom stereocenters. The second kappa shape index (κ2) is 4.81. The van der Waals surface area contributed by atoms with Gasteiger partial charge in [0.2, 0.25) is 0 Å². The van der Waals surface area contributed by atoms with Gasteiger partial charge in [-0.3, -0.25) is 0 Å². The van der Waals surface area contributed by atoms with Gasteiger partial charge in [-0.1, -0.05) is 0 Å². The van der Waals surface area contributed by atoms with Gasteiger partial charge in [-0.2, -0.15) is 0 Å². The lowest BCUT2D eigenvalue weighted by molar-refractivity contribution is 0.126. The number of methoxy groups -OCH3 is 1. The SMILES string of the molecule is COc1cc(F)ccc1OC(C)CO. The summed E-state index contributed by atoms with van der Waals surface area (Å²) in [6.07, 6.45) is -0.339. The first-order valence-electron chi connectivity index (χ1n) is 4.28. The molecule has 1 rings (SSSR count). The van der Waals surface area contributed by atoms with Crippen LogP contribution in [0.2, 0.25) is 0 Å². The fraction of sp³-hybridized carbons (Fsp3) is 0.400. The molecule has 1 unspecified atom stereocenters. The molecule has 0 fully saturated rings. The Morgan fingerprint density at radius 2 is 2.14 bits per heavy atom. The van der Waals surface area contributed by atoms with Crippen molar-refractivity contribution in [2.45, 2.75) is 13.0 Å². The molecule has 0 aliphatic rings. The van der Waals surface area contributed by atoms with E-state index < -0.39 is 0 Å². The Bertz CT molecular complexity index is 301. The summed E-state index contributed by atoms with van der Waals surface area (Å²) in [5, 5.41) is 8.77. The molecule has 0 heterocycles. The fourth-order valence-electron chi connectivity index (χ4n) is 0.993. The Balaban J connectivity index is 2.85. The molecule has 1 N–H and O–H groups in total. The van der Waals surface area contributed by atoms with E-state index in [9.17, 15) is 4.39 Å². The van der Waals surface area contributed by atoms with E-state index in [2.05, 4.69) is 0 Å². The van der Waals surface area contributed by atoms with Crippen molar-refractivity contribution < 1.29 is 19.0 Å². The molecule has 3 nitrogen and oxygen atoms in total. The van der Waals surface area contributed by atoms with Gasteiger partial charge >= 0.3 is 0 Å². The summed E-state index contributed by atoms with van der Waals surface area (Å²) in [5.41, 5.74) is 0. The van der Waals surface area contributed by atoms with Gasteiger partial charge in [0.1, 0.15) is 11.9 Å². The average Bonchev–Trinajstić information content (AvgIpc) is 2.20. The number of benzene rings is 1. The summed E-state index contributed by atoms with van der Waals surface area (Å²) in [5.74, 6) is 0.367. The van der Waals surface area contributed by atoms with E-state index in [4.69, 9.17) is 14.6 Å². The summed E-state index contributed by atoms with van der Waals surface area (Å²) < 4.78 is 23.0. The van der Waals surface area contributed by atoms with E-state index in [0.29, 0.717) is 11.5 Å². The molecular formula is C10H13FO3. The molecule has 1 aromatic carbocycles. The van der Waals surface area contributed by atoms with Crippen LogP contribution in [0.1, 0.15) is 6.92 Å². The Hall–Kier alpha value is -1.29. The van der Waals surface area contributed by atoms with E-state index in [1.165, 1.54) is 25.3 Å². The van der Waals surface area contributed by atoms with Crippen molar-refractivity contribution >= 4 is 0 Å². The van der Waals surface area contributed by atoms with E-state index in [1.54, 1.807) is 6.92 Å². The molecule has 0 aliphatic carbocycles. The number of hydrogen-bond donors (Lipinski definition) is 1. The van der Waals surface area contributed by atoms with Crippen LogP contribution in [0.15, 0.2) is 18.2 Å². The minimum atomic E-state index is -0.383. The van der Waals surface area contributed by atoms with E-state index >= 15 is 0 Å². The molecule has 0 aliphatic heterocycles. The average molecular weight is 200 g/mol. The van der Waals surface area contributed by atoms with Gasteiger partial charge in [0, 0.05) is 6.07 Å². The Morgan fingerprint density at radius 1 is 1.43 bits per heavy atom. The highest BCUT2D eigenvalue weighted by Gasteiger charge is 2.08. The monoisotopic (exact) mass is 200 g/mol. The Labute approximate surface area is 82.1 Å². The molecule has 78 valence electrons. The van der Waals surface area contributed by atoms with E-state index in [1.807, 2.05) is 0 Å². The maximum Gasteiger partial charge on any atom is 0.163 e. The minimum Gasteiger partial charge on any atom is -0.493 e. The number of rotatable bonds is 4. The molecule has 14 heavy (non-hydrogen) atoms. The maximum absolute atomic E-state index is 12.8. The molecule has 1 aromatic rings. The third kappa shape index (κ3) is 2.60. The third-order valence-corrected chi connectivity index (χ3v) is 1.71. The van der Waals surface area contributed by atoms with Gasteiger partial charge < -0.3 is 14.6 Å². The maximum atomic E-state index is 12.8. The summed E-state index contributed by atoms with van der Waals surface area (Å²) in [6, 6.07) is 3.99. The zero-order valence-electron chi connectivity index (χ0n) is 8.16. The van der Waals surface area contributed by atoms with Gasteiger partial charge in [-0.15, -0.1) is 0 Å². The van der Waals surface area contributed by atoms with Crippen molar-refractivity contribution in [2.75, 3.05) is 13.7 Å². The number of hydrogen-bond acceptors (Lipinski definition) is 3. The van der Waals surface area contributed by atoms with Crippen molar-refractivity contribution in [1.82, 2.24) is 0 Å². The highest BCUT2D eigenvalue weighted by molar-refractivity contribution is 5.40. The quantitative estimate of drug-likeness (QED) is 0.802. The molecule has 0 amide bonds. The number of halogens is 1. The Kier molecular flexibility index (Phi) is 3.71. The van der Waals surface area contributed by atoms with Crippen molar-refractivity contribution in [3.63, 3.8) is 0 Å². The fourth-order valence-corrected chi connectivity index (χ4v) is 0.993. The van der Waals surface area contributed by atoms with Crippen LogP contribution >= 0.6 is 0 Å². The van der Waals surface area contributed by atoms with Crippen LogP contribution in [0.5, 0.6) is 11.5 Å². The first kappa shape index (κ1) is 10.8. The summed E-state index contributed by atoms with van der Waals surface area (Å²) in [4.78, 5) is 0. The van der Waals surface area contributed by atoms with Crippen molar-refractivity contribution in [3.05, 3.63) is 24.0 Å². The second-order valence-electron chi connectivity index (χ2n) is 2.91. The highest BCUT2D eigenvalue weighted by atomic mass is 19.1. The zero-order chi connectivity index (χ0) is 10.6. The smallest absolute Gasteiger partial charge is 0.163 e. The van der Waals surface area contributed by atoms with Crippen molar-refractivity contribution in [2.24, 2.45) is 0 Å². The molecule has 0 spiro atoms. The Morgan fingerprint density at radius 3 is 2.71 bits per heavy atom. The highest BCUT2D eigenvalue weighted by Crippen LogP contribution is 2.28. The van der Waals surface area contributed by atoms with Crippen LogP contribution in [-0.4, -0.2) is 24.9 Å². The molecule has 0 saturated heterocycles. The molecule has 0 radical (unpaired) electrons. The third-order valence-electron chi connectivity index (χ3n) is 1.71. The first-order chi connectivity index (χ1) is 6.67. The van der Waals surface area contributed by atoms with Gasteiger partial charge in [0.05, 0.1) is 13.7 Å². The lowest BCUT2D eigenvalue weighted by atomic mass is 10.3. The van der Waals surface area contributed by atoms with Crippen molar-refractivity contribution in [1.29, 1.82) is 0 Å². The van der Waals surface area contributed by atoms with Crippen LogP contribution < -0.4 is 9.47 Å². The standard InChI is InChI=1S/C10H13FO3/c1-7(6-12)14-9-4-3-8(11)5-10(9)13-2/h3-5,7,12H,6H2,1-2H3. The number of aliphatic hydroxyl groups excluding tert-OH is 1. The molecule has 0 aromatic heterocycles. The zero-order valence-corrected chi connectivity index (χ0v) is 8.16. The molecule has 0 saturated carbocycles. The lowest BCUT2D eigenvalue weighted by Crippen LogP contribution is -2.16. The number of aliphatic hydroxyl groups is 1. The molecular weight excluding hydrogens is 187 g/mol. The van der Waals surface area contributed by atoms with Gasteiger partial charge in [0.25, 0.3) is 0 Å². The van der Waals surface area contributed by atoms with Crippen LogP contribution in [0.25, 0.3) is 0 Å². The second-order valence-corrected chi connectivity index (χ2v) is 2.91. The normalized spacial score (nSPS) is 12.3. The van der Waals surface area contributed by atoms with E-state index in [-0.39, 0.29) is 18.5 Å². The minimum absolute atomic E-state index is 0.0967. The molecule has 4 heteroatoms. The van der Waals surface area contributed by atoms with Gasteiger partial charge in [-0.25, -0.2) is 4.39 Å². The topological polar surface area (TPSA) is 38.7 Å². The van der Waals surface area contributed by atoms with Gasteiger partial charge in [0.15, 0.2) is 11.5 Å². The summed E-state index contributed by atoms with van der Waals surface area (Å²) in [6.45, 7) is 1.61.